The lowest BCUT2D eigenvalue weighted by Crippen LogP contribution is -2.42. The summed E-state index contributed by atoms with van der Waals surface area (Å²) in [6.07, 6.45) is 4.31. The van der Waals surface area contributed by atoms with Crippen LogP contribution in [0.3, 0.4) is 0 Å². The maximum Gasteiger partial charge on any atom is 0.140 e. The number of nitriles is 1. The number of benzene rings is 1. The maximum atomic E-state index is 13.9. The van der Waals surface area contributed by atoms with Crippen LogP contribution in [0.4, 0.5) is 4.39 Å². The van der Waals surface area contributed by atoms with Gasteiger partial charge in [-0.15, -0.1) is 0 Å². The molecule has 2 saturated heterocycles. The van der Waals surface area contributed by atoms with Crippen LogP contribution < -0.4 is 0 Å². The van der Waals surface area contributed by atoms with Crippen LogP contribution in [-0.2, 0) is 11.2 Å². The van der Waals surface area contributed by atoms with Gasteiger partial charge in [0, 0.05) is 24.4 Å². The fourth-order valence-electron chi connectivity index (χ4n) is 3.77. The topological polar surface area (TPSA) is 44.1 Å². The van der Waals surface area contributed by atoms with Gasteiger partial charge in [-0.1, -0.05) is 6.07 Å². The van der Waals surface area contributed by atoms with Gasteiger partial charge in [0.2, 0.25) is 0 Å². The van der Waals surface area contributed by atoms with E-state index in [0.29, 0.717) is 23.2 Å². The van der Waals surface area contributed by atoms with Gasteiger partial charge >= 0.3 is 0 Å². The van der Waals surface area contributed by atoms with E-state index in [-0.39, 0.29) is 18.1 Å². The van der Waals surface area contributed by atoms with Gasteiger partial charge in [-0.05, 0) is 50.4 Å². The number of halogens is 1. The fraction of sp³-hybridized carbons (Fsp3) is 0.529. The summed E-state index contributed by atoms with van der Waals surface area (Å²) >= 11 is 0. The van der Waals surface area contributed by atoms with Crippen LogP contribution in [0.2, 0.25) is 0 Å². The number of carbonyl (C=O) groups excluding carboxylic acids is 1. The monoisotopic (exact) mass is 286 g/mol. The molecule has 21 heavy (non-hydrogen) atoms. The molecular weight excluding hydrogens is 267 g/mol. The normalized spacial score (nSPS) is 28.3. The lowest BCUT2D eigenvalue weighted by Gasteiger charge is -2.35. The zero-order valence-electron chi connectivity index (χ0n) is 12.2. The highest BCUT2D eigenvalue weighted by atomic mass is 19.1. The molecule has 110 valence electrons. The molecule has 3 rings (SSSR count). The van der Waals surface area contributed by atoms with Crippen molar-refractivity contribution < 1.29 is 9.18 Å². The van der Waals surface area contributed by atoms with Crippen molar-refractivity contribution in [2.45, 2.75) is 44.2 Å². The molecule has 2 atom stereocenters. The molecule has 2 fully saturated rings. The molecule has 0 saturated carbocycles. The van der Waals surface area contributed by atoms with E-state index in [0.717, 1.165) is 12.8 Å². The number of ketones is 1. The number of Topliss-reactive ketones (excluding diaryl/α,β-unsaturated/α-hetero) is 1. The van der Waals surface area contributed by atoms with Crippen molar-refractivity contribution in [2.24, 2.45) is 5.92 Å². The smallest absolute Gasteiger partial charge is 0.140 e. The van der Waals surface area contributed by atoms with Gasteiger partial charge in [0.25, 0.3) is 0 Å². The van der Waals surface area contributed by atoms with Crippen LogP contribution in [0.5, 0.6) is 0 Å². The molecule has 2 aliphatic rings. The fourth-order valence-corrected chi connectivity index (χ4v) is 3.77. The Morgan fingerprint density at radius 1 is 1.38 bits per heavy atom. The highest BCUT2D eigenvalue weighted by Crippen LogP contribution is 2.38. The van der Waals surface area contributed by atoms with Crippen molar-refractivity contribution in [2.75, 3.05) is 7.05 Å². The van der Waals surface area contributed by atoms with Crippen molar-refractivity contribution in [1.82, 2.24) is 4.90 Å². The second-order valence-electron chi connectivity index (χ2n) is 6.28. The molecule has 2 bridgehead atoms. The van der Waals surface area contributed by atoms with Gasteiger partial charge in [0.15, 0.2) is 0 Å². The first-order valence-corrected chi connectivity index (χ1v) is 7.51. The molecule has 2 heterocycles. The highest BCUT2D eigenvalue weighted by molar-refractivity contribution is 5.83. The predicted octanol–water partition coefficient (Wildman–Crippen LogP) is 2.68. The number of hydrogen-bond acceptors (Lipinski definition) is 3. The Hall–Kier alpha value is -1.73. The average molecular weight is 286 g/mol. The largest absolute Gasteiger partial charge is 0.300 e. The summed E-state index contributed by atoms with van der Waals surface area (Å²) in [5, 5.41) is 8.74. The lowest BCUT2D eigenvalue weighted by molar-refractivity contribution is -0.124. The number of piperidine rings is 1. The zero-order valence-corrected chi connectivity index (χ0v) is 12.2. The standard InChI is InChI=1S/C17H19FN2O/c1-20-14-4-5-15(20)8-13(7-14)17(21)9-12-3-2-11(10-19)6-16(12)18/h2-3,6,13-15H,4-5,7-9H2,1H3. The minimum Gasteiger partial charge on any atom is -0.300 e. The Morgan fingerprint density at radius 2 is 2.05 bits per heavy atom. The SMILES string of the molecule is CN1C2CCC1CC(C(=O)Cc1ccc(C#N)cc1F)C2. The first-order valence-electron chi connectivity index (χ1n) is 7.51. The summed E-state index contributed by atoms with van der Waals surface area (Å²) < 4.78 is 13.9. The Morgan fingerprint density at radius 3 is 2.62 bits per heavy atom. The molecule has 0 amide bonds. The molecule has 0 spiro atoms. The molecule has 2 aliphatic heterocycles. The van der Waals surface area contributed by atoms with Crippen molar-refractivity contribution in [3.05, 3.63) is 35.1 Å². The number of hydrogen-bond donors (Lipinski definition) is 0. The summed E-state index contributed by atoms with van der Waals surface area (Å²) in [5.74, 6) is -0.240. The number of nitrogens with zero attached hydrogens (tertiary/aromatic N) is 2. The zero-order chi connectivity index (χ0) is 15.0. The van der Waals surface area contributed by atoms with Crippen LogP contribution in [0.1, 0.15) is 36.8 Å². The summed E-state index contributed by atoms with van der Waals surface area (Å²) in [5.41, 5.74) is 0.700. The third-order valence-electron chi connectivity index (χ3n) is 5.10. The Balaban J connectivity index is 1.69. The van der Waals surface area contributed by atoms with Crippen LogP contribution in [0.25, 0.3) is 0 Å². The van der Waals surface area contributed by atoms with Crippen molar-refractivity contribution in [3.8, 4) is 6.07 Å². The summed E-state index contributed by atoms with van der Waals surface area (Å²) in [6.45, 7) is 0. The number of fused-ring (bicyclic) bond motifs is 2. The van der Waals surface area contributed by atoms with Crippen LogP contribution in [-0.4, -0.2) is 29.8 Å². The van der Waals surface area contributed by atoms with Gasteiger partial charge in [0.1, 0.15) is 11.6 Å². The summed E-state index contributed by atoms with van der Waals surface area (Å²) in [6, 6.07) is 7.29. The Bertz CT molecular complexity index is 593. The van der Waals surface area contributed by atoms with E-state index in [4.69, 9.17) is 5.26 Å². The second kappa shape index (κ2) is 5.57. The Kier molecular flexibility index (Phi) is 3.77. The van der Waals surface area contributed by atoms with E-state index in [1.165, 1.54) is 18.9 Å². The maximum absolute atomic E-state index is 13.9. The van der Waals surface area contributed by atoms with Gasteiger partial charge < -0.3 is 4.90 Å². The predicted molar refractivity (Wildman–Crippen MR) is 77.1 cm³/mol. The van der Waals surface area contributed by atoms with E-state index < -0.39 is 5.82 Å². The minimum atomic E-state index is -0.446. The average Bonchev–Trinajstić information content (AvgIpc) is 2.70. The quantitative estimate of drug-likeness (QED) is 0.858. The number of carbonyl (C=O) groups is 1. The summed E-state index contributed by atoms with van der Waals surface area (Å²) in [4.78, 5) is 14.8. The van der Waals surface area contributed by atoms with E-state index in [1.54, 1.807) is 12.1 Å². The molecule has 0 radical (unpaired) electrons. The summed E-state index contributed by atoms with van der Waals surface area (Å²) in [7, 11) is 2.14. The van der Waals surface area contributed by atoms with E-state index >= 15 is 0 Å². The van der Waals surface area contributed by atoms with Crippen molar-refractivity contribution in [3.63, 3.8) is 0 Å². The van der Waals surface area contributed by atoms with E-state index in [1.807, 2.05) is 6.07 Å². The molecule has 1 aromatic rings. The molecule has 0 N–H and O–H groups in total. The third kappa shape index (κ3) is 2.71. The van der Waals surface area contributed by atoms with E-state index in [2.05, 4.69) is 11.9 Å². The van der Waals surface area contributed by atoms with Crippen LogP contribution in [0.15, 0.2) is 18.2 Å². The highest BCUT2D eigenvalue weighted by Gasteiger charge is 2.40. The van der Waals surface area contributed by atoms with Gasteiger partial charge in [-0.2, -0.15) is 5.26 Å². The number of rotatable bonds is 3. The van der Waals surface area contributed by atoms with Crippen molar-refractivity contribution >= 4 is 5.78 Å². The van der Waals surface area contributed by atoms with Crippen molar-refractivity contribution in [1.29, 1.82) is 5.26 Å². The van der Waals surface area contributed by atoms with Crippen LogP contribution >= 0.6 is 0 Å². The molecule has 0 aliphatic carbocycles. The third-order valence-corrected chi connectivity index (χ3v) is 5.10. The molecule has 0 aromatic heterocycles. The Labute approximate surface area is 124 Å². The van der Waals surface area contributed by atoms with Gasteiger partial charge in [-0.25, -0.2) is 4.39 Å². The first-order chi connectivity index (χ1) is 10.1. The molecule has 2 unspecified atom stereocenters. The van der Waals surface area contributed by atoms with Gasteiger partial charge in [0.05, 0.1) is 11.6 Å². The van der Waals surface area contributed by atoms with Crippen LogP contribution in [0, 0.1) is 23.1 Å². The van der Waals surface area contributed by atoms with E-state index in [9.17, 15) is 9.18 Å². The second-order valence-corrected chi connectivity index (χ2v) is 6.28. The molecule has 1 aromatic carbocycles. The minimum absolute atomic E-state index is 0.0637. The first kappa shape index (κ1) is 14.2. The lowest BCUT2D eigenvalue weighted by atomic mass is 9.85. The van der Waals surface area contributed by atoms with Gasteiger partial charge in [-0.3, -0.25) is 4.79 Å². The molecule has 4 heteroatoms. The molecule has 3 nitrogen and oxygen atoms in total. The molecular formula is C17H19FN2O.